The first-order valence-electron chi connectivity index (χ1n) is 9.87. The Kier molecular flexibility index (Phi) is 10.2. The molecule has 0 radical (unpaired) electrons. The average Bonchev–Trinajstić information content (AvgIpc) is 2.71. The van der Waals surface area contributed by atoms with Gasteiger partial charge in [-0.1, -0.05) is 12.1 Å². The van der Waals surface area contributed by atoms with Gasteiger partial charge in [-0.25, -0.2) is 0 Å². The highest BCUT2D eigenvalue weighted by atomic mass is 16.5. The Morgan fingerprint density at radius 1 is 1.21 bits per heavy atom. The molecule has 0 bridgehead atoms. The van der Waals surface area contributed by atoms with Crippen molar-refractivity contribution >= 4 is 17.6 Å². The zero-order valence-corrected chi connectivity index (χ0v) is 16.9. The minimum absolute atomic E-state index is 0.0128. The third-order valence-electron chi connectivity index (χ3n) is 4.15. The zero-order valence-electron chi connectivity index (χ0n) is 16.9. The summed E-state index contributed by atoms with van der Waals surface area (Å²) in [7, 11) is 1.66. The lowest BCUT2D eigenvalue weighted by Gasteiger charge is -2.29. The number of amides is 1. The summed E-state index contributed by atoms with van der Waals surface area (Å²) in [6.07, 6.45) is 1.67. The number of carbonyl (C=O) groups is 1. The third-order valence-corrected chi connectivity index (χ3v) is 4.15. The van der Waals surface area contributed by atoms with Gasteiger partial charge in [-0.05, 0) is 31.9 Å². The second-order valence-corrected chi connectivity index (χ2v) is 6.30. The normalized spacial score (nSPS) is 13.9. The molecule has 0 saturated heterocycles. The molecule has 28 heavy (non-hydrogen) atoms. The lowest BCUT2D eigenvalue weighted by atomic mass is 10.2. The molecule has 156 valence electrons. The van der Waals surface area contributed by atoms with E-state index in [1.165, 1.54) is 0 Å². The fourth-order valence-electron chi connectivity index (χ4n) is 2.79. The van der Waals surface area contributed by atoms with Crippen LogP contribution in [0.5, 0.6) is 5.75 Å². The molecule has 0 spiro atoms. The third kappa shape index (κ3) is 7.36. The Labute approximate surface area is 167 Å². The first-order chi connectivity index (χ1) is 13.8. The molecular weight excluding hydrogens is 360 g/mol. The SMILES string of the molecule is CCNC(=NCCCN1C(=O)COc2ccccc21)NCCCOCCOC. The van der Waals surface area contributed by atoms with Gasteiger partial charge in [0.2, 0.25) is 0 Å². The number of hydrogen-bond donors (Lipinski definition) is 2. The van der Waals surface area contributed by atoms with Gasteiger partial charge in [-0.2, -0.15) is 0 Å². The smallest absolute Gasteiger partial charge is 0.265 e. The van der Waals surface area contributed by atoms with Crippen molar-refractivity contribution in [3.05, 3.63) is 24.3 Å². The summed E-state index contributed by atoms with van der Waals surface area (Å²) < 4.78 is 15.9. The number of benzene rings is 1. The molecule has 2 rings (SSSR count). The van der Waals surface area contributed by atoms with Gasteiger partial charge in [0.15, 0.2) is 12.6 Å². The van der Waals surface area contributed by atoms with Gasteiger partial charge in [0.05, 0.1) is 18.9 Å². The molecule has 8 heteroatoms. The second kappa shape index (κ2) is 13.0. The fraction of sp³-hybridized carbons (Fsp3) is 0.600. The highest BCUT2D eigenvalue weighted by Gasteiger charge is 2.24. The lowest BCUT2D eigenvalue weighted by molar-refractivity contribution is -0.121. The van der Waals surface area contributed by atoms with E-state index in [9.17, 15) is 4.79 Å². The van der Waals surface area contributed by atoms with Crippen LogP contribution < -0.4 is 20.3 Å². The average molecular weight is 393 g/mol. The molecule has 0 unspecified atom stereocenters. The number of ether oxygens (including phenoxy) is 3. The van der Waals surface area contributed by atoms with Crippen molar-refractivity contribution in [2.24, 2.45) is 4.99 Å². The summed E-state index contributed by atoms with van der Waals surface area (Å²) in [5.74, 6) is 1.53. The van der Waals surface area contributed by atoms with Crippen molar-refractivity contribution in [1.29, 1.82) is 0 Å². The van der Waals surface area contributed by atoms with Crippen LogP contribution in [0.3, 0.4) is 0 Å². The number of anilines is 1. The Bertz CT molecular complexity index is 624. The molecule has 1 heterocycles. The Morgan fingerprint density at radius 2 is 2.07 bits per heavy atom. The molecule has 0 atom stereocenters. The molecule has 1 aromatic rings. The maximum atomic E-state index is 12.2. The van der Waals surface area contributed by atoms with Gasteiger partial charge in [0, 0.05) is 39.9 Å². The van der Waals surface area contributed by atoms with Crippen molar-refractivity contribution in [2.45, 2.75) is 19.8 Å². The molecule has 0 saturated carbocycles. The summed E-state index contributed by atoms with van der Waals surface area (Å²) in [4.78, 5) is 18.6. The van der Waals surface area contributed by atoms with Crippen LogP contribution in [-0.4, -0.2) is 71.6 Å². The minimum atomic E-state index is -0.0128. The van der Waals surface area contributed by atoms with Crippen molar-refractivity contribution in [3.63, 3.8) is 0 Å². The Balaban J connectivity index is 1.72. The van der Waals surface area contributed by atoms with E-state index in [1.807, 2.05) is 31.2 Å². The first-order valence-corrected chi connectivity index (χ1v) is 9.87. The lowest BCUT2D eigenvalue weighted by Crippen LogP contribution is -2.40. The predicted molar refractivity (Wildman–Crippen MR) is 110 cm³/mol. The van der Waals surface area contributed by atoms with Crippen LogP contribution in [0.1, 0.15) is 19.8 Å². The van der Waals surface area contributed by atoms with Crippen LogP contribution in [0.25, 0.3) is 0 Å². The van der Waals surface area contributed by atoms with Crippen molar-refractivity contribution in [2.75, 3.05) is 64.6 Å². The number of rotatable bonds is 12. The molecule has 8 nitrogen and oxygen atoms in total. The van der Waals surface area contributed by atoms with Crippen LogP contribution >= 0.6 is 0 Å². The van der Waals surface area contributed by atoms with E-state index in [2.05, 4.69) is 15.6 Å². The quantitative estimate of drug-likeness (QED) is 0.318. The van der Waals surface area contributed by atoms with Crippen LogP contribution in [-0.2, 0) is 14.3 Å². The fourth-order valence-corrected chi connectivity index (χ4v) is 2.79. The minimum Gasteiger partial charge on any atom is -0.482 e. The molecular formula is C20H32N4O4. The summed E-state index contributed by atoms with van der Waals surface area (Å²) >= 11 is 0. The van der Waals surface area contributed by atoms with Crippen molar-refractivity contribution in [1.82, 2.24) is 10.6 Å². The van der Waals surface area contributed by atoms with E-state index in [-0.39, 0.29) is 12.5 Å². The zero-order chi connectivity index (χ0) is 20.0. The molecule has 0 fully saturated rings. The number of fused-ring (bicyclic) bond motifs is 1. The number of nitrogens with one attached hydrogen (secondary N) is 2. The number of aliphatic imine (C=N–C) groups is 1. The van der Waals surface area contributed by atoms with Crippen LogP contribution in [0.2, 0.25) is 0 Å². The molecule has 0 aromatic heterocycles. The van der Waals surface area contributed by atoms with Gasteiger partial charge < -0.3 is 29.7 Å². The Morgan fingerprint density at radius 3 is 2.89 bits per heavy atom. The van der Waals surface area contributed by atoms with E-state index in [4.69, 9.17) is 14.2 Å². The number of nitrogens with zero attached hydrogens (tertiary/aromatic N) is 2. The maximum absolute atomic E-state index is 12.2. The molecule has 1 amide bonds. The summed E-state index contributed by atoms with van der Waals surface area (Å²) in [5.41, 5.74) is 0.834. The maximum Gasteiger partial charge on any atom is 0.265 e. The van der Waals surface area contributed by atoms with Gasteiger partial charge in [-0.15, -0.1) is 0 Å². The second-order valence-electron chi connectivity index (χ2n) is 6.30. The largest absolute Gasteiger partial charge is 0.482 e. The Hall–Kier alpha value is -2.32. The first kappa shape index (κ1) is 22.0. The van der Waals surface area contributed by atoms with E-state index in [1.54, 1.807) is 12.0 Å². The number of carbonyl (C=O) groups excluding carboxylic acids is 1. The number of methoxy groups -OCH3 is 1. The van der Waals surface area contributed by atoms with Crippen molar-refractivity contribution in [3.8, 4) is 5.75 Å². The van der Waals surface area contributed by atoms with Gasteiger partial charge in [0.25, 0.3) is 5.91 Å². The molecule has 1 aliphatic rings. The molecule has 0 aliphatic carbocycles. The standard InChI is InChI=1S/C20H32N4O4/c1-3-21-20(23-11-7-13-27-15-14-26-2)22-10-6-12-24-17-8-4-5-9-18(17)28-16-19(24)25/h4-5,8-9H,3,6-7,10-16H2,1-2H3,(H2,21,22,23). The monoisotopic (exact) mass is 392 g/mol. The van der Waals surface area contributed by atoms with E-state index in [0.29, 0.717) is 32.9 Å². The molecule has 2 N–H and O–H groups in total. The number of hydrogen-bond acceptors (Lipinski definition) is 5. The van der Waals surface area contributed by atoms with E-state index in [0.717, 1.165) is 43.3 Å². The van der Waals surface area contributed by atoms with Crippen LogP contribution in [0.4, 0.5) is 5.69 Å². The van der Waals surface area contributed by atoms with Gasteiger partial charge in [0.1, 0.15) is 5.75 Å². The van der Waals surface area contributed by atoms with Crippen molar-refractivity contribution < 1.29 is 19.0 Å². The van der Waals surface area contributed by atoms with Crippen LogP contribution in [0.15, 0.2) is 29.3 Å². The summed E-state index contributed by atoms with van der Waals surface area (Å²) in [6, 6.07) is 7.63. The number of guanidine groups is 1. The number of para-hydroxylation sites is 2. The summed E-state index contributed by atoms with van der Waals surface area (Å²) in [5, 5.41) is 6.54. The van der Waals surface area contributed by atoms with Gasteiger partial charge >= 0.3 is 0 Å². The van der Waals surface area contributed by atoms with E-state index >= 15 is 0 Å². The van der Waals surface area contributed by atoms with E-state index < -0.39 is 0 Å². The highest BCUT2D eigenvalue weighted by molar-refractivity contribution is 5.97. The molecule has 1 aromatic carbocycles. The topological polar surface area (TPSA) is 84.4 Å². The summed E-state index contributed by atoms with van der Waals surface area (Å²) in [6.45, 7) is 6.89. The van der Waals surface area contributed by atoms with Gasteiger partial charge in [-0.3, -0.25) is 9.79 Å². The highest BCUT2D eigenvalue weighted by Crippen LogP contribution is 2.31. The van der Waals surface area contributed by atoms with Crippen LogP contribution in [0, 0.1) is 0 Å². The molecule has 1 aliphatic heterocycles. The predicted octanol–water partition coefficient (Wildman–Crippen LogP) is 1.41.